The Labute approximate surface area is 89.4 Å². The predicted molar refractivity (Wildman–Crippen MR) is 58.1 cm³/mol. The molecule has 82 valence electrons. The van der Waals surface area contributed by atoms with Crippen molar-refractivity contribution in [3.8, 4) is 0 Å². The Bertz CT molecular complexity index is 301. The van der Waals surface area contributed by atoms with Crippen LogP contribution in [0.1, 0.15) is 5.56 Å². The molecule has 0 heterocycles. The summed E-state index contributed by atoms with van der Waals surface area (Å²) in [5, 5.41) is 3.04. The lowest BCUT2D eigenvalue weighted by Crippen LogP contribution is -2.44. The molecule has 0 radical (unpaired) electrons. The molecule has 1 aromatic rings. The standard InChI is InChI=1S/C11H16N2O2/c1-15-8-10(11(12)14)13-7-9-5-3-2-4-6-9/h2-6,10,13H,7-8H2,1H3,(H2,12,14)/t10-/m0/s1. The average Bonchev–Trinajstić information content (AvgIpc) is 2.25. The van der Waals surface area contributed by atoms with Gasteiger partial charge < -0.3 is 10.5 Å². The molecule has 0 aliphatic rings. The first-order valence-electron chi connectivity index (χ1n) is 4.79. The number of carbonyl (C=O) groups is 1. The van der Waals surface area contributed by atoms with Crippen LogP contribution in [0.2, 0.25) is 0 Å². The van der Waals surface area contributed by atoms with Crippen LogP contribution in [0.3, 0.4) is 0 Å². The summed E-state index contributed by atoms with van der Waals surface area (Å²) in [5.41, 5.74) is 6.32. The summed E-state index contributed by atoms with van der Waals surface area (Å²) >= 11 is 0. The Hall–Kier alpha value is -1.39. The second-order valence-electron chi connectivity index (χ2n) is 3.28. The van der Waals surface area contributed by atoms with E-state index in [2.05, 4.69) is 5.32 Å². The molecule has 0 saturated carbocycles. The van der Waals surface area contributed by atoms with Crippen LogP contribution in [0.25, 0.3) is 0 Å². The fraction of sp³-hybridized carbons (Fsp3) is 0.364. The van der Waals surface area contributed by atoms with E-state index in [1.807, 2.05) is 30.3 Å². The first-order chi connectivity index (χ1) is 7.24. The largest absolute Gasteiger partial charge is 0.383 e. The molecule has 0 spiro atoms. The number of ether oxygens (including phenoxy) is 1. The fourth-order valence-corrected chi connectivity index (χ4v) is 1.25. The van der Waals surface area contributed by atoms with Gasteiger partial charge in [0.05, 0.1) is 6.61 Å². The topological polar surface area (TPSA) is 64.3 Å². The van der Waals surface area contributed by atoms with Gasteiger partial charge >= 0.3 is 0 Å². The molecule has 1 rings (SSSR count). The third-order valence-electron chi connectivity index (χ3n) is 2.07. The molecule has 0 saturated heterocycles. The molecule has 0 aliphatic carbocycles. The molecule has 0 bridgehead atoms. The molecule has 0 fully saturated rings. The van der Waals surface area contributed by atoms with Gasteiger partial charge in [0, 0.05) is 13.7 Å². The van der Waals surface area contributed by atoms with E-state index in [1.54, 1.807) is 7.11 Å². The van der Waals surface area contributed by atoms with E-state index >= 15 is 0 Å². The van der Waals surface area contributed by atoms with Gasteiger partial charge in [0.25, 0.3) is 0 Å². The van der Waals surface area contributed by atoms with Gasteiger partial charge in [-0.1, -0.05) is 30.3 Å². The molecule has 0 unspecified atom stereocenters. The molecule has 0 aromatic heterocycles. The quantitative estimate of drug-likeness (QED) is 0.705. The SMILES string of the molecule is COC[C@H](NCc1ccccc1)C(N)=O. The Balaban J connectivity index is 2.43. The molecular formula is C11H16N2O2. The third kappa shape index (κ3) is 4.10. The monoisotopic (exact) mass is 208 g/mol. The summed E-state index contributed by atoms with van der Waals surface area (Å²) in [6, 6.07) is 9.38. The summed E-state index contributed by atoms with van der Waals surface area (Å²) in [7, 11) is 1.54. The van der Waals surface area contributed by atoms with Gasteiger partial charge in [-0.15, -0.1) is 0 Å². The summed E-state index contributed by atoms with van der Waals surface area (Å²) in [4.78, 5) is 11.0. The van der Waals surface area contributed by atoms with Crippen LogP contribution < -0.4 is 11.1 Å². The van der Waals surface area contributed by atoms with Crippen molar-refractivity contribution in [3.63, 3.8) is 0 Å². The molecule has 0 aliphatic heterocycles. The smallest absolute Gasteiger partial charge is 0.236 e. The van der Waals surface area contributed by atoms with Crippen LogP contribution in [0, 0.1) is 0 Å². The van der Waals surface area contributed by atoms with E-state index in [0.29, 0.717) is 13.2 Å². The Morgan fingerprint density at radius 3 is 2.67 bits per heavy atom. The van der Waals surface area contributed by atoms with Crippen LogP contribution in [0.4, 0.5) is 0 Å². The van der Waals surface area contributed by atoms with E-state index < -0.39 is 11.9 Å². The summed E-state index contributed by atoms with van der Waals surface area (Å²) < 4.78 is 4.89. The molecule has 4 nitrogen and oxygen atoms in total. The van der Waals surface area contributed by atoms with Crippen LogP contribution in [-0.4, -0.2) is 25.7 Å². The van der Waals surface area contributed by atoms with Gasteiger partial charge in [-0.05, 0) is 5.56 Å². The second kappa shape index (κ2) is 6.16. The summed E-state index contributed by atoms with van der Waals surface area (Å²) in [6.45, 7) is 0.903. The molecule has 15 heavy (non-hydrogen) atoms. The highest BCUT2D eigenvalue weighted by molar-refractivity contribution is 5.79. The Kier molecular flexibility index (Phi) is 4.80. The van der Waals surface area contributed by atoms with E-state index in [-0.39, 0.29) is 0 Å². The molecule has 1 amide bonds. The number of nitrogens with two attached hydrogens (primary N) is 1. The molecule has 3 N–H and O–H groups in total. The first-order valence-corrected chi connectivity index (χ1v) is 4.79. The zero-order valence-electron chi connectivity index (χ0n) is 8.77. The van der Waals surface area contributed by atoms with Crippen molar-refractivity contribution in [3.05, 3.63) is 35.9 Å². The minimum Gasteiger partial charge on any atom is -0.383 e. The Morgan fingerprint density at radius 2 is 2.13 bits per heavy atom. The maximum absolute atomic E-state index is 11.0. The predicted octanol–water partition coefficient (Wildman–Crippen LogP) is 0.277. The van der Waals surface area contributed by atoms with Crippen LogP contribution in [0.15, 0.2) is 30.3 Å². The van der Waals surface area contributed by atoms with Gasteiger partial charge in [-0.25, -0.2) is 0 Å². The number of hydrogen-bond donors (Lipinski definition) is 2. The van der Waals surface area contributed by atoms with E-state index in [4.69, 9.17) is 10.5 Å². The Morgan fingerprint density at radius 1 is 1.47 bits per heavy atom. The third-order valence-corrected chi connectivity index (χ3v) is 2.07. The number of methoxy groups -OCH3 is 1. The van der Waals surface area contributed by atoms with Crippen molar-refractivity contribution in [1.82, 2.24) is 5.32 Å². The second-order valence-corrected chi connectivity index (χ2v) is 3.28. The van der Waals surface area contributed by atoms with Crippen molar-refractivity contribution < 1.29 is 9.53 Å². The zero-order valence-corrected chi connectivity index (χ0v) is 8.77. The number of amides is 1. The molecule has 4 heteroatoms. The van der Waals surface area contributed by atoms with Gasteiger partial charge in [0.1, 0.15) is 6.04 Å². The van der Waals surface area contributed by atoms with E-state index in [0.717, 1.165) is 5.56 Å². The van der Waals surface area contributed by atoms with Crippen molar-refractivity contribution in [2.75, 3.05) is 13.7 Å². The summed E-state index contributed by atoms with van der Waals surface area (Å²) in [5.74, 6) is -0.396. The number of benzene rings is 1. The number of rotatable bonds is 6. The van der Waals surface area contributed by atoms with Gasteiger partial charge in [-0.2, -0.15) is 0 Å². The van der Waals surface area contributed by atoms with Crippen molar-refractivity contribution in [2.45, 2.75) is 12.6 Å². The normalized spacial score (nSPS) is 12.3. The lowest BCUT2D eigenvalue weighted by Gasteiger charge is -2.14. The average molecular weight is 208 g/mol. The highest BCUT2D eigenvalue weighted by atomic mass is 16.5. The number of primary amides is 1. The van der Waals surface area contributed by atoms with Crippen molar-refractivity contribution in [2.24, 2.45) is 5.73 Å². The zero-order chi connectivity index (χ0) is 11.1. The minimum atomic E-state index is -0.435. The van der Waals surface area contributed by atoms with E-state index in [9.17, 15) is 4.79 Å². The van der Waals surface area contributed by atoms with Gasteiger partial charge in [0.15, 0.2) is 0 Å². The number of carbonyl (C=O) groups excluding carboxylic acids is 1. The van der Waals surface area contributed by atoms with Gasteiger partial charge in [-0.3, -0.25) is 10.1 Å². The van der Waals surface area contributed by atoms with Gasteiger partial charge in [0.2, 0.25) is 5.91 Å². The number of nitrogens with one attached hydrogen (secondary N) is 1. The summed E-state index contributed by atoms with van der Waals surface area (Å²) in [6.07, 6.45) is 0. The lowest BCUT2D eigenvalue weighted by atomic mass is 10.2. The van der Waals surface area contributed by atoms with E-state index in [1.165, 1.54) is 0 Å². The lowest BCUT2D eigenvalue weighted by molar-refractivity contribution is -0.121. The molecular weight excluding hydrogens is 192 g/mol. The minimum absolute atomic E-state index is 0.294. The van der Waals surface area contributed by atoms with Crippen LogP contribution in [-0.2, 0) is 16.1 Å². The van der Waals surface area contributed by atoms with Crippen molar-refractivity contribution in [1.29, 1.82) is 0 Å². The fourth-order valence-electron chi connectivity index (χ4n) is 1.25. The molecule has 1 atom stereocenters. The van der Waals surface area contributed by atoms with Crippen LogP contribution in [0.5, 0.6) is 0 Å². The maximum atomic E-state index is 11.0. The molecule has 1 aromatic carbocycles. The first kappa shape index (κ1) is 11.7. The van der Waals surface area contributed by atoms with Crippen LogP contribution >= 0.6 is 0 Å². The highest BCUT2D eigenvalue weighted by Crippen LogP contribution is 1.98. The number of hydrogen-bond acceptors (Lipinski definition) is 3. The van der Waals surface area contributed by atoms with Crippen molar-refractivity contribution >= 4 is 5.91 Å². The highest BCUT2D eigenvalue weighted by Gasteiger charge is 2.13. The maximum Gasteiger partial charge on any atom is 0.236 e.